The van der Waals surface area contributed by atoms with E-state index in [1.165, 1.54) is 24.3 Å². The van der Waals surface area contributed by atoms with Gasteiger partial charge in [0.15, 0.2) is 5.78 Å². The summed E-state index contributed by atoms with van der Waals surface area (Å²) in [6, 6.07) is 13.4. The van der Waals surface area contributed by atoms with E-state index in [-0.39, 0.29) is 24.1 Å². The maximum Gasteiger partial charge on any atom is 0.163 e. The average Bonchev–Trinajstić information content (AvgIpc) is 2.67. The SMILES string of the molecule is O=C(CCC(O)N1CCCCC1c1ccc(Cl)cc1)c1ccc(F)cc1. The first kappa shape index (κ1) is 19.0. The second kappa shape index (κ2) is 8.76. The van der Waals surface area contributed by atoms with Crippen molar-refractivity contribution >= 4 is 17.4 Å². The smallest absolute Gasteiger partial charge is 0.163 e. The van der Waals surface area contributed by atoms with E-state index in [1.54, 1.807) is 0 Å². The lowest BCUT2D eigenvalue weighted by molar-refractivity contribution is -0.0463. The highest BCUT2D eigenvalue weighted by Crippen LogP contribution is 2.33. The van der Waals surface area contributed by atoms with Crippen LogP contribution in [0.5, 0.6) is 0 Å². The lowest BCUT2D eigenvalue weighted by Gasteiger charge is -2.39. The van der Waals surface area contributed by atoms with Crippen LogP contribution in [-0.2, 0) is 0 Å². The predicted octanol–water partition coefficient (Wildman–Crippen LogP) is 4.99. The number of piperidine rings is 1. The molecule has 0 saturated carbocycles. The van der Waals surface area contributed by atoms with Crippen molar-refractivity contribution < 1.29 is 14.3 Å². The Kier molecular flexibility index (Phi) is 6.41. The van der Waals surface area contributed by atoms with Gasteiger partial charge >= 0.3 is 0 Å². The Balaban J connectivity index is 1.63. The Hall–Kier alpha value is -1.75. The van der Waals surface area contributed by atoms with Crippen molar-refractivity contribution in [2.24, 2.45) is 0 Å². The second-order valence-corrected chi connectivity index (χ2v) is 7.19. The summed E-state index contributed by atoms with van der Waals surface area (Å²) in [7, 11) is 0. The Labute approximate surface area is 158 Å². The van der Waals surface area contributed by atoms with Crippen LogP contribution >= 0.6 is 11.6 Å². The summed E-state index contributed by atoms with van der Waals surface area (Å²) in [6.07, 6.45) is 3.04. The molecule has 2 aromatic carbocycles. The molecule has 0 bridgehead atoms. The number of Topliss-reactive ketones (excluding diaryl/α,β-unsaturated/α-hetero) is 1. The van der Waals surface area contributed by atoms with E-state index in [9.17, 15) is 14.3 Å². The van der Waals surface area contributed by atoms with Crippen LogP contribution in [0.25, 0.3) is 0 Å². The molecular formula is C21H23ClFNO2. The van der Waals surface area contributed by atoms with Crippen LogP contribution in [0.1, 0.15) is 54.1 Å². The van der Waals surface area contributed by atoms with Gasteiger partial charge in [-0.05, 0) is 61.2 Å². The van der Waals surface area contributed by atoms with Crippen LogP contribution in [0, 0.1) is 5.82 Å². The maximum atomic E-state index is 13.0. The van der Waals surface area contributed by atoms with E-state index in [0.29, 0.717) is 17.0 Å². The molecule has 1 aliphatic rings. The molecule has 0 aliphatic carbocycles. The van der Waals surface area contributed by atoms with Crippen LogP contribution < -0.4 is 0 Å². The number of benzene rings is 2. The molecule has 1 N–H and O–H groups in total. The van der Waals surface area contributed by atoms with Gasteiger partial charge in [-0.1, -0.05) is 30.2 Å². The molecule has 2 atom stereocenters. The molecule has 3 nitrogen and oxygen atoms in total. The summed E-state index contributed by atoms with van der Waals surface area (Å²) >= 11 is 5.98. The number of nitrogens with zero attached hydrogens (tertiary/aromatic N) is 1. The molecule has 2 aromatic rings. The van der Waals surface area contributed by atoms with Gasteiger partial charge in [0.25, 0.3) is 0 Å². The third kappa shape index (κ3) is 4.70. The van der Waals surface area contributed by atoms with Gasteiger partial charge in [-0.3, -0.25) is 9.69 Å². The fourth-order valence-electron chi connectivity index (χ4n) is 3.56. The Morgan fingerprint density at radius 3 is 2.54 bits per heavy atom. The molecule has 1 fully saturated rings. The van der Waals surface area contributed by atoms with Crippen molar-refractivity contribution in [3.05, 3.63) is 70.5 Å². The van der Waals surface area contributed by atoms with Crippen molar-refractivity contribution in [2.45, 2.75) is 44.4 Å². The van der Waals surface area contributed by atoms with E-state index in [1.807, 2.05) is 24.3 Å². The van der Waals surface area contributed by atoms with Crippen LogP contribution in [0.4, 0.5) is 4.39 Å². The number of carbonyl (C=O) groups is 1. The van der Waals surface area contributed by atoms with Crippen LogP contribution in [-0.4, -0.2) is 28.6 Å². The van der Waals surface area contributed by atoms with Gasteiger partial charge in [-0.15, -0.1) is 0 Å². The number of hydrogen-bond donors (Lipinski definition) is 1. The molecule has 3 rings (SSSR count). The van der Waals surface area contributed by atoms with Gasteiger partial charge in [-0.2, -0.15) is 0 Å². The number of rotatable bonds is 6. The van der Waals surface area contributed by atoms with Crippen molar-refractivity contribution in [2.75, 3.05) is 6.54 Å². The van der Waals surface area contributed by atoms with Gasteiger partial charge in [0.2, 0.25) is 0 Å². The molecule has 0 amide bonds. The molecule has 5 heteroatoms. The molecule has 1 saturated heterocycles. The quantitative estimate of drug-likeness (QED) is 0.723. The van der Waals surface area contributed by atoms with Crippen molar-refractivity contribution in [3.63, 3.8) is 0 Å². The summed E-state index contributed by atoms with van der Waals surface area (Å²) in [5.41, 5.74) is 1.62. The minimum absolute atomic E-state index is 0.0795. The first-order valence-corrected chi connectivity index (χ1v) is 9.40. The molecular weight excluding hydrogens is 353 g/mol. The minimum atomic E-state index is -0.680. The van der Waals surface area contributed by atoms with Crippen molar-refractivity contribution in [1.29, 1.82) is 0 Å². The first-order chi connectivity index (χ1) is 12.5. The van der Waals surface area contributed by atoms with E-state index in [2.05, 4.69) is 4.90 Å². The lowest BCUT2D eigenvalue weighted by Crippen LogP contribution is -2.41. The van der Waals surface area contributed by atoms with Crippen LogP contribution in [0.3, 0.4) is 0 Å². The van der Waals surface area contributed by atoms with Crippen LogP contribution in [0.15, 0.2) is 48.5 Å². The number of likely N-dealkylation sites (tertiary alicyclic amines) is 1. The standard InChI is InChI=1S/C21H23ClFNO2/c22-17-8-4-15(5-9-17)19-3-1-2-14-24(19)21(26)13-12-20(25)16-6-10-18(23)11-7-16/h4-11,19,21,26H,1-3,12-14H2. The third-order valence-corrected chi connectivity index (χ3v) is 5.23. The molecule has 2 unspecified atom stereocenters. The van der Waals surface area contributed by atoms with Gasteiger partial charge in [0.05, 0.1) is 0 Å². The number of aliphatic hydroxyl groups excluding tert-OH is 1. The number of halogens is 2. The largest absolute Gasteiger partial charge is 0.378 e. The molecule has 1 aliphatic heterocycles. The normalized spacial score (nSPS) is 19.3. The summed E-state index contributed by atoms with van der Waals surface area (Å²) in [5, 5.41) is 11.4. The van der Waals surface area contributed by atoms with Gasteiger partial charge < -0.3 is 5.11 Å². The molecule has 0 radical (unpaired) electrons. The van der Waals surface area contributed by atoms with Gasteiger partial charge in [-0.25, -0.2) is 4.39 Å². The zero-order valence-corrected chi connectivity index (χ0v) is 15.3. The Morgan fingerprint density at radius 2 is 1.85 bits per heavy atom. The molecule has 1 heterocycles. The summed E-state index contributed by atoms with van der Waals surface area (Å²) < 4.78 is 13.0. The molecule has 138 valence electrons. The summed E-state index contributed by atoms with van der Waals surface area (Å²) in [6.45, 7) is 0.805. The zero-order chi connectivity index (χ0) is 18.5. The van der Waals surface area contributed by atoms with Crippen molar-refractivity contribution in [3.8, 4) is 0 Å². The first-order valence-electron chi connectivity index (χ1n) is 9.02. The van der Waals surface area contributed by atoms with E-state index in [4.69, 9.17) is 11.6 Å². The number of ketones is 1. The Morgan fingerprint density at radius 1 is 1.15 bits per heavy atom. The maximum absolute atomic E-state index is 13.0. The average molecular weight is 376 g/mol. The predicted molar refractivity (Wildman–Crippen MR) is 101 cm³/mol. The number of carbonyl (C=O) groups excluding carboxylic acids is 1. The minimum Gasteiger partial charge on any atom is -0.378 e. The molecule has 0 spiro atoms. The number of hydrogen-bond acceptors (Lipinski definition) is 3. The summed E-state index contributed by atoms with van der Waals surface area (Å²) in [5.74, 6) is -0.440. The Bertz CT molecular complexity index is 733. The third-order valence-electron chi connectivity index (χ3n) is 4.98. The van der Waals surface area contributed by atoms with Crippen LogP contribution in [0.2, 0.25) is 5.02 Å². The van der Waals surface area contributed by atoms with Gasteiger partial charge in [0, 0.05) is 29.6 Å². The zero-order valence-electron chi connectivity index (χ0n) is 14.6. The highest BCUT2D eigenvalue weighted by molar-refractivity contribution is 6.30. The highest BCUT2D eigenvalue weighted by Gasteiger charge is 2.29. The topological polar surface area (TPSA) is 40.5 Å². The van der Waals surface area contributed by atoms with Crippen molar-refractivity contribution in [1.82, 2.24) is 4.90 Å². The van der Waals surface area contributed by atoms with E-state index in [0.717, 1.165) is 31.4 Å². The van der Waals surface area contributed by atoms with Gasteiger partial charge in [0.1, 0.15) is 12.0 Å². The monoisotopic (exact) mass is 375 g/mol. The lowest BCUT2D eigenvalue weighted by atomic mass is 9.94. The number of aliphatic hydroxyl groups is 1. The molecule has 0 aromatic heterocycles. The molecule has 26 heavy (non-hydrogen) atoms. The van der Waals surface area contributed by atoms with E-state index >= 15 is 0 Å². The summed E-state index contributed by atoms with van der Waals surface area (Å²) in [4.78, 5) is 14.3. The fraction of sp³-hybridized carbons (Fsp3) is 0.381. The van der Waals surface area contributed by atoms with E-state index < -0.39 is 6.23 Å². The second-order valence-electron chi connectivity index (χ2n) is 6.75. The highest BCUT2D eigenvalue weighted by atomic mass is 35.5. The fourth-order valence-corrected chi connectivity index (χ4v) is 3.69.